The number of aliphatic hydroxyl groups excluding tert-OH is 1. The Kier molecular flexibility index (Phi) is 4.25. The van der Waals surface area contributed by atoms with Gasteiger partial charge in [0.05, 0.1) is 0 Å². The van der Waals surface area contributed by atoms with E-state index in [1.165, 1.54) is 5.56 Å². The minimum absolute atomic E-state index is 0.215. The predicted molar refractivity (Wildman–Crippen MR) is 69.9 cm³/mol. The monoisotopic (exact) mass is 248 g/mol. The van der Waals surface area contributed by atoms with Gasteiger partial charge < -0.3 is 10.4 Å². The van der Waals surface area contributed by atoms with Crippen molar-refractivity contribution < 1.29 is 5.11 Å². The highest BCUT2D eigenvalue weighted by molar-refractivity contribution is 7.10. The van der Waals surface area contributed by atoms with Crippen molar-refractivity contribution in [1.29, 1.82) is 0 Å². The van der Waals surface area contributed by atoms with Gasteiger partial charge in [0, 0.05) is 29.9 Å². The van der Waals surface area contributed by atoms with Gasteiger partial charge in [-0.1, -0.05) is 6.07 Å². The SMILES string of the molecule is C[C@H](NCC(O)c1cccs1)c1ccncc1. The van der Waals surface area contributed by atoms with Crippen LogP contribution in [-0.4, -0.2) is 16.6 Å². The standard InChI is InChI=1S/C13H16N2OS/c1-10(11-4-6-14-7-5-11)15-9-12(16)13-3-2-8-17-13/h2-8,10,12,15-16H,9H2,1H3/t10-,12?/m0/s1. The van der Waals surface area contributed by atoms with Crippen LogP contribution in [0.5, 0.6) is 0 Å². The minimum atomic E-state index is -0.431. The Morgan fingerprint density at radius 3 is 2.76 bits per heavy atom. The number of hydrogen-bond acceptors (Lipinski definition) is 4. The van der Waals surface area contributed by atoms with Crippen molar-refractivity contribution in [3.05, 3.63) is 52.5 Å². The second-order valence-corrected chi connectivity index (χ2v) is 4.92. The molecule has 0 bridgehead atoms. The zero-order valence-corrected chi connectivity index (χ0v) is 10.5. The molecule has 3 nitrogen and oxygen atoms in total. The molecule has 0 saturated carbocycles. The van der Waals surface area contributed by atoms with Gasteiger partial charge in [0.1, 0.15) is 6.10 Å². The molecule has 2 N–H and O–H groups in total. The molecule has 0 fully saturated rings. The second-order valence-electron chi connectivity index (χ2n) is 3.94. The van der Waals surface area contributed by atoms with Crippen molar-refractivity contribution in [3.8, 4) is 0 Å². The molecule has 2 aromatic heterocycles. The van der Waals surface area contributed by atoms with Crippen molar-refractivity contribution in [2.24, 2.45) is 0 Å². The van der Waals surface area contributed by atoms with Crippen molar-refractivity contribution in [3.63, 3.8) is 0 Å². The molecule has 2 rings (SSSR count). The molecule has 0 aliphatic carbocycles. The summed E-state index contributed by atoms with van der Waals surface area (Å²) in [6.45, 7) is 2.64. The Labute approximate surface area is 105 Å². The Balaban J connectivity index is 1.86. The van der Waals surface area contributed by atoms with Gasteiger partial charge in [-0.05, 0) is 36.1 Å². The van der Waals surface area contributed by atoms with Crippen LogP contribution in [0.25, 0.3) is 0 Å². The van der Waals surface area contributed by atoms with E-state index in [4.69, 9.17) is 0 Å². The lowest BCUT2D eigenvalue weighted by molar-refractivity contribution is 0.174. The van der Waals surface area contributed by atoms with Crippen molar-refractivity contribution >= 4 is 11.3 Å². The van der Waals surface area contributed by atoms with Crippen LogP contribution >= 0.6 is 11.3 Å². The van der Waals surface area contributed by atoms with E-state index in [1.807, 2.05) is 29.6 Å². The molecule has 2 atom stereocenters. The Morgan fingerprint density at radius 1 is 1.35 bits per heavy atom. The topological polar surface area (TPSA) is 45.1 Å². The van der Waals surface area contributed by atoms with E-state index in [9.17, 15) is 5.11 Å². The lowest BCUT2D eigenvalue weighted by atomic mass is 10.1. The first-order chi connectivity index (χ1) is 8.27. The normalized spacial score (nSPS) is 14.5. The first-order valence-corrected chi connectivity index (χ1v) is 6.50. The van der Waals surface area contributed by atoms with Gasteiger partial charge in [0.15, 0.2) is 0 Å². The van der Waals surface area contributed by atoms with Crippen molar-refractivity contribution in [2.45, 2.75) is 19.1 Å². The molecule has 4 heteroatoms. The number of nitrogens with zero attached hydrogens (tertiary/aromatic N) is 1. The predicted octanol–water partition coefficient (Wildman–Crippen LogP) is 2.53. The minimum Gasteiger partial charge on any atom is -0.386 e. The van der Waals surface area contributed by atoms with Crippen LogP contribution in [0.2, 0.25) is 0 Å². The third-order valence-electron chi connectivity index (χ3n) is 2.70. The fourth-order valence-corrected chi connectivity index (χ4v) is 2.35. The molecule has 1 unspecified atom stereocenters. The van der Waals surface area contributed by atoms with Gasteiger partial charge in [-0.15, -0.1) is 11.3 Å². The largest absolute Gasteiger partial charge is 0.386 e. The summed E-state index contributed by atoms with van der Waals surface area (Å²) in [6.07, 6.45) is 3.13. The summed E-state index contributed by atoms with van der Waals surface area (Å²) in [5.41, 5.74) is 1.18. The van der Waals surface area contributed by atoms with Gasteiger partial charge in [0.2, 0.25) is 0 Å². The molecule has 0 aliphatic rings. The van der Waals surface area contributed by atoms with E-state index in [2.05, 4.69) is 17.2 Å². The molecule has 0 saturated heterocycles. The quantitative estimate of drug-likeness (QED) is 0.854. The van der Waals surface area contributed by atoms with E-state index >= 15 is 0 Å². The number of rotatable bonds is 5. The highest BCUT2D eigenvalue weighted by Gasteiger charge is 2.10. The van der Waals surface area contributed by atoms with Crippen LogP contribution in [0.15, 0.2) is 42.0 Å². The number of nitrogens with one attached hydrogen (secondary N) is 1. The highest BCUT2D eigenvalue weighted by Crippen LogP contribution is 2.19. The fraction of sp³-hybridized carbons (Fsp3) is 0.308. The maximum absolute atomic E-state index is 9.94. The average molecular weight is 248 g/mol. The molecule has 0 amide bonds. The summed E-state index contributed by atoms with van der Waals surface area (Å²) < 4.78 is 0. The summed E-state index contributed by atoms with van der Waals surface area (Å²) in [4.78, 5) is 4.99. The van der Waals surface area contributed by atoms with Crippen LogP contribution in [0, 0.1) is 0 Å². The number of pyridine rings is 1. The van der Waals surface area contributed by atoms with E-state index in [0.29, 0.717) is 6.54 Å². The Hall–Kier alpha value is -1.23. The molecule has 0 aliphatic heterocycles. The molecule has 2 heterocycles. The van der Waals surface area contributed by atoms with Crippen LogP contribution in [0.4, 0.5) is 0 Å². The fourth-order valence-electron chi connectivity index (χ4n) is 1.64. The van der Waals surface area contributed by atoms with Gasteiger partial charge in [-0.3, -0.25) is 4.98 Å². The second kappa shape index (κ2) is 5.91. The zero-order chi connectivity index (χ0) is 12.1. The summed E-state index contributed by atoms with van der Waals surface area (Å²) >= 11 is 1.58. The Morgan fingerprint density at radius 2 is 2.12 bits per heavy atom. The highest BCUT2D eigenvalue weighted by atomic mass is 32.1. The third kappa shape index (κ3) is 3.36. The lowest BCUT2D eigenvalue weighted by Crippen LogP contribution is -2.24. The molecule has 0 aromatic carbocycles. The van der Waals surface area contributed by atoms with E-state index in [0.717, 1.165) is 4.88 Å². The van der Waals surface area contributed by atoms with Crippen LogP contribution in [0.1, 0.15) is 29.5 Å². The molecule has 17 heavy (non-hydrogen) atoms. The van der Waals surface area contributed by atoms with E-state index < -0.39 is 6.10 Å². The van der Waals surface area contributed by atoms with Crippen molar-refractivity contribution in [1.82, 2.24) is 10.3 Å². The first kappa shape index (κ1) is 12.2. The van der Waals surface area contributed by atoms with Gasteiger partial charge >= 0.3 is 0 Å². The average Bonchev–Trinajstić information content (AvgIpc) is 2.90. The Bertz CT molecular complexity index is 430. The summed E-state index contributed by atoms with van der Waals surface area (Å²) in [5, 5.41) is 15.2. The van der Waals surface area contributed by atoms with Gasteiger partial charge in [0.25, 0.3) is 0 Å². The van der Waals surface area contributed by atoms with Gasteiger partial charge in [-0.2, -0.15) is 0 Å². The maximum atomic E-state index is 9.94. The van der Waals surface area contributed by atoms with Crippen LogP contribution in [0.3, 0.4) is 0 Å². The van der Waals surface area contributed by atoms with Crippen LogP contribution < -0.4 is 5.32 Å². The smallest absolute Gasteiger partial charge is 0.101 e. The number of hydrogen-bond donors (Lipinski definition) is 2. The molecule has 2 aromatic rings. The molecule has 0 spiro atoms. The maximum Gasteiger partial charge on any atom is 0.101 e. The van der Waals surface area contributed by atoms with Gasteiger partial charge in [-0.25, -0.2) is 0 Å². The zero-order valence-electron chi connectivity index (χ0n) is 9.71. The van der Waals surface area contributed by atoms with E-state index in [-0.39, 0.29) is 6.04 Å². The number of aromatic nitrogens is 1. The number of aliphatic hydroxyl groups is 1. The number of thiophene rings is 1. The van der Waals surface area contributed by atoms with Crippen LogP contribution in [-0.2, 0) is 0 Å². The first-order valence-electron chi connectivity index (χ1n) is 5.62. The lowest BCUT2D eigenvalue weighted by Gasteiger charge is -2.16. The van der Waals surface area contributed by atoms with E-state index in [1.54, 1.807) is 23.7 Å². The summed E-state index contributed by atoms with van der Waals surface area (Å²) in [6, 6.07) is 8.08. The summed E-state index contributed by atoms with van der Waals surface area (Å²) in [5.74, 6) is 0. The molecule has 0 radical (unpaired) electrons. The third-order valence-corrected chi connectivity index (χ3v) is 3.67. The molecule has 90 valence electrons. The molecular formula is C13H16N2OS. The molecular weight excluding hydrogens is 232 g/mol. The van der Waals surface area contributed by atoms with Crippen molar-refractivity contribution in [2.75, 3.05) is 6.54 Å². The summed E-state index contributed by atoms with van der Waals surface area (Å²) in [7, 11) is 0.